The van der Waals surface area contributed by atoms with E-state index in [0.29, 0.717) is 15.8 Å². The van der Waals surface area contributed by atoms with E-state index in [1.807, 2.05) is 0 Å². The van der Waals surface area contributed by atoms with Gasteiger partial charge in [-0.3, -0.25) is 9.59 Å². The lowest BCUT2D eigenvalue weighted by Gasteiger charge is -2.04. The molecule has 7 nitrogen and oxygen atoms in total. The van der Waals surface area contributed by atoms with Gasteiger partial charge in [-0.25, -0.2) is 4.39 Å². The summed E-state index contributed by atoms with van der Waals surface area (Å²) >= 11 is 2.41. The van der Waals surface area contributed by atoms with Crippen LogP contribution in [0.15, 0.2) is 33.4 Å². The van der Waals surface area contributed by atoms with Gasteiger partial charge >= 0.3 is 0 Å². The molecule has 0 fully saturated rings. The van der Waals surface area contributed by atoms with Crippen molar-refractivity contribution in [3.63, 3.8) is 0 Å². The summed E-state index contributed by atoms with van der Waals surface area (Å²) in [6.07, 6.45) is 0. The molecule has 0 bridgehead atoms. The van der Waals surface area contributed by atoms with Gasteiger partial charge in [0.1, 0.15) is 11.5 Å². The summed E-state index contributed by atoms with van der Waals surface area (Å²) in [4.78, 5) is 24.1. The molecule has 0 saturated heterocycles. The van der Waals surface area contributed by atoms with Crippen LogP contribution in [0.25, 0.3) is 4.96 Å². The highest BCUT2D eigenvalue weighted by Gasteiger charge is 2.11. The number of hydrogen-bond donors (Lipinski definition) is 1. The highest BCUT2D eigenvalue weighted by atomic mass is 32.2. The maximum Gasteiger partial charge on any atom is 0.296 e. The second kappa shape index (κ2) is 7.05. The maximum atomic E-state index is 12.8. The van der Waals surface area contributed by atoms with Crippen LogP contribution in [-0.4, -0.2) is 31.5 Å². The van der Waals surface area contributed by atoms with Gasteiger partial charge < -0.3 is 5.32 Å². The summed E-state index contributed by atoms with van der Waals surface area (Å²) < 4.78 is 14.6. The molecule has 0 spiro atoms. The molecule has 0 saturated carbocycles. The number of carbonyl (C=O) groups excluding carboxylic acids is 1. The molecular formula is C14H12FN5O2S2. The molecular weight excluding hydrogens is 353 g/mol. The molecule has 2 aromatic heterocycles. The number of hydrogen-bond acceptors (Lipinski definition) is 7. The first-order chi connectivity index (χ1) is 11.5. The topological polar surface area (TPSA) is 89.2 Å². The molecule has 1 N–H and O–H groups in total. The average molecular weight is 365 g/mol. The summed E-state index contributed by atoms with van der Waals surface area (Å²) in [5.41, 5.74) is 0.766. The predicted octanol–water partition coefficient (Wildman–Crippen LogP) is 1.40. The fourth-order valence-electron chi connectivity index (χ4n) is 1.81. The van der Waals surface area contributed by atoms with Gasteiger partial charge in [-0.1, -0.05) is 35.2 Å². The molecule has 0 radical (unpaired) electrons. The van der Waals surface area contributed by atoms with Crippen molar-refractivity contribution in [3.05, 3.63) is 51.7 Å². The SMILES string of the molecule is Cc1nnc2sc(SCC(=O)NCc3ccc(F)cc3)nn2c1=O. The minimum Gasteiger partial charge on any atom is -0.351 e. The number of benzene rings is 1. The van der Waals surface area contributed by atoms with Crippen LogP contribution in [0.2, 0.25) is 0 Å². The van der Waals surface area contributed by atoms with E-state index < -0.39 is 0 Å². The van der Waals surface area contributed by atoms with Crippen molar-refractivity contribution in [2.45, 2.75) is 17.8 Å². The first-order valence-corrected chi connectivity index (χ1v) is 8.70. The Hall–Kier alpha value is -2.33. The number of aryl methyl sites for hydroxylation is 1. The number of amides is 1. The Balaban J connectivity index is 1.57. The van der Waals surface area contributed by atoms with Crippen LogP contribution in [0.3, 0.4) is 0 Å². The standard InChI is InChI=1S/C14H12FN5O2S2/c1-8-12(22)20-13(18-17-8)24-14(19-20)23-7-11(21)16-6-9-2-4-10(15)5-3-9/h2-5H,6-7H2,1H3,(H,16,21). The van der Waals surface area contributed by atoms with E-state index >= 15 is 0 Å². The predicted molar refractivity (Wildman–Crippen MR) is 88.6 cm³/mol. The lowest BCUT2D eigenvalue weighted by Crippen LogP contribution is -2.24. The lowest BCUT2D eigenvalue weighted by molar-refractivity contribution is -0.118. The molecule has 2 heterocycles. The van der Waals surface area contributed by atoms with Gasteiger partial charge in [0.2, 0.25) is 10.9 Å². The molecule has 0 aliphatic heterocycles. The minimum absolute atomic E-state index is 0.155. The van der Waals surface area contributed by atoms with Gasteiger partial charge in [0.25, 0.3) is 5.56 Å². The molecule has 10 heteroatoms. The Bertz CT molecular complexity index is 938. The van der Waals surface area contributed by atoms with Gasteiger partial charge in [0.15, 0.2) is 4.34 Å². The zero-order chi connectivity index (χ0) is 17.1. The van der Waals surface area contributed by atoms with Crippen molar-refractivity contribution in [2.75, 3.05) is 5.75 Å². The largest absolute Gasteiger partial charge is 0.351 e. The van der Waals surface area contributed by atoms with Crippen LogP contribution in [-0.2, 0) is 11.3 Å². The molecule has 0 unspecified atom stereocenters. The van der Waals surface area contributed by atoms with Crippen molar-refractivity contribution in [1.29, 1.82) is 0 Å². The number of aromatic nitrogens is 4. The number of nitrogens with one attached hydrogen (secondary N) is 1. The third kappa shape index (κ3) is 3.77. The molecule has 0 atom stereocenters. The van der Waals surface area contributed by atoms with E-state index in [4.69, 9.17) is 0 Å². The Morgan fingerprint density at radius 2 is 2.08 bits per heavy atom. The van der Waals surface area contributed by atoms with Crippen molar-refractivity contribution in [3.8, 4) is 0 Å². The van der Waals surface area contributed by atoms with E-state index in [9.17, 15) is 14.0 Å². The van der Waals surface area contributed by atoms with E-state index in [1.54, 1.807) is 19.1 Å². The average Bonchev–Trinajstić information content (AvgIpc) is 3.00. The Morgan fingerprint density at radius 3 is 2.83 bits per heavy atom. The van der Waals surface area contributed by atoms with E-state index in [0.717, 1.165) is 5.56 Å². The van der Waals surface area contributed by atoms with Crippen LogP contribution in [0.5, 0.6) is 0 Å². The number of carbonyl (C=O) groups is 1. The maximum absolute atomic E-state index is 12.8. The quantitative estimate of drug-likeness (QED) is 0.688. The fraction of sp³-hybridized carbons (Fsp3) is 0.214. The van der Waals surface area contributed by atoms with Crippen molar-refractivity contribution in [1.82, 2.24) is 25.1 Å². The third-order valence-corrected chi connectivity index (χ3v) is 5.09. The van der Waals surface area contributed by atoms with Crippen molar-refractivity contribution >= 4 is 34.0 Å². The zero-order valence-corrected chi connectivity index (χ0v) is 14.2. The van der Waals surface area contributed by atoms with Gasteiger partial charge in [0.05, 0.1) is 5.75 Å². The van der Waals surface area contributed by atoms with Crippen LogP contribution >= 0.6 is 23.1 Å². The van der Waals surface area contributed by atoms with Crippen molar-refractivity contribution in [2.24, 2.45) is 0 Å². The molecule has 3 rings (SSSR count). The summed E-state index contributed by atoms with van der Waals surface area (Å²) in [6, 6.07) is 5.92. The number of thioether (sulfide) groups is 1. The number of fused-ring (bicyclic) bond motifs is 1. The molecule has 1 amide bonds. The number of halogens is 1. The highest BCUT2D eigenvalue weighted by Crippen LogP contribution is 2.22. The second-order valence-corrected chi connectivity index (χ2v) is 7.02. The summed E-state index contributed by atoms with van der Waals surface area (Å²) in [5, 5.41) is 14.5. The van der Waals surface area contributed by atoms with Gasteiger partial charge in [0, 0.05) is 6.54 Å². The van der Waals surface area contributed by atoms with E-state index in [1.165, 1.54) is 39.7 Å². The fourth-order valence-corrected chi connectivity index (χ4v) is 3.52. The summed E-state index contributed by atoms with van der Waals surface area (Å²) in [7, 11) is 0. The molecule has 0 aliphatic carbocycles. The summed E-state index contributed by atoms with van der Waals surface area (Å²) in [6.45, 7) is 1.89. The Labute approximate surface area is 143 Å². The minimum atomic E-state index is -0.316. The molecule has 3 aromatic rings. The van der Waals surface area contributed by atoms with Crippen LogP contribution in [0.1, 0.15) is 11.3 Å². The van der Waals surface area contributed by atoms with Gasteiger partial charge in [-0.05, 0) is 24.6 Å². The first kappa shape index (κ1) is 16.5. The third-order valence-electron chi connectivity index (χ3n) is 3.06. The van der Waals surface area contributed by atoms with Gasteiger partial charge in [-0.2, -0.15) is 4.52 Å². The van der Waals surface area contributed by atoms with E-state index in [-0.39, 0.29) is 28.7 Å². The van der Waals surface area contributed by atoms with Crippen LogP contribution in [0.4, 0.5) is 4.39 Å². The molecule has 1 aromatic carbocycles. The first-order valence-electron chi connectivity index (χ1n) is 6.90. The zero-order valence-electron chi connectivity index (χ0n) is 12.5. The summed E-state index contributed by atoms with van der Waals surface area (Å²) in [5.74, 6) is -0.342. The molecule has 124 valence electrons. The van der Waals surface area contributed by atoms with Crippen LogP contribution in [0, 0.1) is 12.7 Å². The Kier molecular flexibility index (Phi) is 4.86. The van der Waals surface area contributed by atoms with Crippen molar-refractivity contribution < 1.29 is 9.18 Å². The molecule has 0 aliphatic rings. The van der Waals surface area contributed by atoms with E-state index in [2.05, 4.69) is 20.6 Å². The molecule has 24 heavy (non-hydrogen) atoms. The van der Waals surface area contributed by atoms with Crippen LogP contribution < -0.4 is 10.9 Å². The van der Waals surface area contributed by atoms with Gasteiger partial charge in [-0.15, -0.1) is 15.3 Å². The lowest BCUT2D eigenvalue weighted by atomic mass is 10.2. The monoisotopic (exact) mass is 365 g/mol. The Morgan fingerprint density at radius 1 is 1.33 bits per heavy atom. The second-order valence-electron chi connectivity index (χ2n) is 4.84. The normalized spacial score (nSPS) is 10.9. The number of nitrogens with zero attached hydrogens (tertiary/aromatic N) is 4. The smallest absolute Gasteiger partial charge is 0.296 e. The number of rotatable bonds is 5. The highest BCUT2D eigenvalue weighted by molar-refractivity contribution is 8.01.